The van der Waals surface area contributed by atoms with Crippen LogP contribution in [-0.2, 0) is 11.2 Å². The fourth-order valence-electron chi connectivity index (χ4n) is 4.38. The molecule has 1 unspecified atom stereocenters. The Morgan fingerprint density at radius 3 is 2.35 bits per heavy atom. The van der Waals surface area contributed by atoms with Gasteiger partial charge in [-0.15, -0.1) is 10.2 Å². The molecule has 0 aliphatic rings. The first-order chi connectivity index (χ1) is 20.9. The molecule has 1 atom stereocenters. The fraction of sp³-hybridized carbons (Fsp3) is 0.188. The summed E-state index contributed by atoms with van der Waals surface area (Å²) in [5.41, 5.74) is 3.31. The molecule has 43 heavy (non-hydrogen) atoms. The van der Waals surface area contributed by atoms with E-state index in [2.05, 4.69) is 51.2 Å². The number of benzene rings is 3. The number of hydrogen-bond donors (Lipinski definition) is 3. The number of aromatic nitrogens is 5. The van der Waals surface area contributed by atoms with E-state index >= 15 is 0 Å². The van der Waals surface area contributed by atoms with Gasteiger partial charge >= 0.3 is 0 Å². The third kappa shape index (κ3) is 8.23. The van der Waals surface area contributed by atoms with Gasteiger partial charge in [-0.25, -0.2) is 0 Å². The van der Waals surface area contributed by atoms with Crippen LogP contribution in [0.2, 0.25) is 5.02 Å². The lowest BCUT2D eigenvalue weighted by Crippen LogP contribution is -2.34. The molecule has 3 N–H and O–H groups in total. The van der Waals surface area contributed by atoms with Crippen molar-refractivity contribution in [3.8, 4) is 28.6 Å². The van der Waals surface area contributed by atoms with Crippen LogP contribution < -0.4 is 16.2 Å². The van der Waals surface area contributed by atoms with Crippen LogP contribution >= 0.6 is 11.6 Å². The van der Waals surface area contributed by atoms with Gasteiger partial charge in [0.1, 0.15) is 6.04 Å². The molecule has 0 fully saturated rings. The number of carbonyl (C=O) groups is 1. The van der Waals surface area contributed by atoms with Crippen molar-refractivity contribution >= 4 is 23.2 Å². The summed E-state index contributed by atoms with van der Waals surface area (Å²) in [6.45, 7) is 6.39. The Labute approximate surface area is 254 Å². The number of nitriles is 1. The van der Waals surface area contributed by atoms with E-state index in [4.69, 9.17) is 11.6 Å². The van der Waals surface area contributed by atoms with Gasteiger partial charge in [-0.2, -0.15) is 10.5 Å². The van der Waals surface area contributed by atoms with Crippen molar-refractivity contribution in [3.05, 3.63) is 118 Å². The van der Waals surface area contributed by atoms with Gasteiger partial charge < -0.3 is 15.2 Å². The number of hydrogen-bond acceptors (Lipinski definition) is 7. The van der Waals surface area contributed by atoms with Crippen LogP contribution in [0.25, 0.3) is 22.5 Å². The zero-order valence-corrected chi connectivity index (χ0v) is 24.5. The van der Waals surface area contributed by atoms with Crippen LogP contribution in [0.15, 0.2) is 95.9 Å². The molecule has 0 aliphatic carbocycles. The number of tetrazole rings is 1. The smallest absolute Gasteiger partial charge is 0.251 e. The highest BCUT2D eigenvalue weighted by molar-refractivity contribution is 6.30. The van der Waals surface area contributed by atoms with Crippen molar-refractivity contribution < 1.29 is 4.79 Å². The van der Waals surface area contributed by atoms with Gasteiger partial charge in [-0.1, -0.05) is 55.8 Å². The third-order valence-corrected chi connectivity index (χ3v) is 6.76. The number of pyridine rings is 1. The van der Waals surface area contributed by atoms with Crippen LogP contribution in [0.1, 0.15) is 31.0 Å². The maximum Gasteiger partial charge on any atom is 0.251 e. The van der Waals surface area contributed by atoms with Gasteiger partial charge in [0.2, 0.25) is 11.7 Å². The van der Waals surface area contributed by atoms with Gasteiger partial charge in [-0.3, -0.25) is 9.59 Å². The molecule has 11 heteroatoms. The number of H-pyrrole nitrogens is 1. The minimum atomic E-state index is -0.828. The zero-order valence-electron chi connectivity index (χ0n) is 23.8. The average molecular weight is 595 g/mol. The van der Waals surface area contributed by atoms with E-state index < -0.39 is 6.04 Å². The predicted octanol–water partition coefficient (Wildman–Crippen LogP) is 5.26. The Bertz CT molecular complexity index is 1730. The highest BCUT2D eigenvalue weighted by atomic mass is 35.5. The third-order valence-electron chi connectivity index (χ3n) is 6.53. The second-order valence-corrected chi connectivity index (χ2v) is 9.86. The number of aromatic amines is 1. The molecular formula is C32H31ClN8O2. The van der Waals surface area contributed by atoms with Crippen molar-refractivity contribution in [2.24, 2.45) is 0 Å². The summed E-state index contributed by atoms with van der Waals surface area (Å²) < 4.78 is 1.40. The minimum absolute atomic E-state index is 0.299. The molecule has 0 saturated carbocycles. The van der Waals surface area contributed by atoms with Gasteiger partial charge in [0.15, 0.2) is 0 Å². The Morgan fingerprint density at radius 1 is 1.00 bits per heavy atom. The fourth-order valence-corrected chi connectivity index (χ4v) is 4.56. The topological polar surface area (TPSA) is 141 Å². The van der Waals surface area contributed by atoms with Gasteiger partial charge in [0.25, 0.3) is 5.56 Å². The molecule has 10 nitrogen and oxygen atoms in total. The van der Waals surface area contributed by atoms with E-state index in [1.54, 1.807) is 54.7 Å². The van der Waals surface area contributed by atoms with E-state index in [9.17, 15) is 14.9 Å². The number of carbonyl (C=O) groups excluding carboxylic acids is 1. The van der Waals surface area contributed by atoms with Crippen molar-refractivity contribution in [3.63, 3.8) is 0 Å². The first-order valence-corrected chi connectivity index (χ1v) is 14.1. The maximum absolute atomic E-state index is 13.5. The van der Waals surface area contributed by atoms with Crippen LogP contribution in [-0.4, -0.2) is 44.2 Å². The number of nitrogens with zero attached hydrogens (tertiary/aromatic N) is 5. The molecule has 5 aromatic rings. The zero-order chi connectivity index (χ0) is 30.6. The molecule has 5 rings (SSSR count). The monoisotopic (exact) mass is 594 g/mol. The molecule has 0 bridgehead atoms. The minimum Gasteiger partial charge on any atom is -0.324 e. The molecule has 3 aromatic carbocycles. The van der Waals surface area contributed by atoms with Crippen LogP contribution in [0.5, 0.6) is 0 Å². The molecule has 2 aromatic heterocycles. The first-order valence-electron chi connectivity index (χ1n) is 13.7. The highest BCUT2D eigenvalue weighted by Gasteiger charge is 2.23. The lowest BCUT2D eigenvalue weighted by molar-refractivity contribution is -0.119. The van der Waals surface area contributed by atoms with E-state index in [1.807, 2.05) is 30.3 Å². The van der Waals surface area contributed by atoms with E-state index in [0.717, 1.165) is 24.2 Å². The summed E-state index contributed by atoms with van der Waals surface area (Å²) in [6, 6.07) is 25.8. The summed E-state index contributed by atoms with van der Waals surface area (Å²) in [4.78, 5) is 26.8. The summed E-state index contributed by atoms with van der Waals surface area (Å²) in [7, 11) is 0. The Kier molecular flexibility index (Phi) is 10.9. The molecule has 2 heterocycles. The standard InChI is InChI=1S/C28H20ClN7O2.C4H11N/c29-22-9-6-21(17-30)24(16-22)20-12-13-36(26(37)15-20)25(14-18-4-2-1-3-5-18)28(38)31-23-10-7-19(8-11-23)27-32-34-35-33-27;1-3-5-4-2/h1-13,15-16,25H,14H2,(H,31,38)(H,32,33,34,35);5H,3-4H2,1-2H3. The Balaban J connectivity index is 0.000000782. The number of anilines is 1. The van der Waals surface area contributed by atoms with Crippen molar-refractivity contribution in [1.82, 2.24) is 30.5 Å². The van der Waals surface area contributed by atoms with Crippen LogP contribution in [0.3, 0.4) is 0 Å². The summed E-state index contributed by atoms with van der Waals surface area (Å²) in [5.74, 6) is 0.0900. The van der Waals surface area contributed by atoms with Gasteiger partial charge in [0.05, 0.1) is 11.6 Å². The first kappa shape index (κ1) is 30.8. The van der Waals surface area contributed by atoms with E-state index in [1.165, 1.54) is 10.6 Å². The van der Waals surface area contributed by atoms with Crippen molar-refractivity contribution in [2.45, 2.75) is 26.3 Å². The van der Waals surface area contributed by atoms with Crippen LogP contribution in [0.4, 0.5) is 5.69 Å². The molecule has 218 valence electrons. The second kappa shape index (κ2) is 15.2. The molecule has 0 radical (unpaired) electrons. The molecule has 0 spiro atoms. The number of rotatable bonds is 9. The molecule has 0 aliphatic heterocycles. The molecular weight excluding hydrogens is 564 g/mol. The Hall–Kier alpha value is -5.11. The van der Waals surface area contributed by atoms with Crippen LogP contribution in [0, 0.1) is 11.3 Å². The average Bonchev–Trinajstić information content (AvgIpc) is 3.57. The lowest BCUT2D eigenvalue weighted by atomic mass is 10.0. The molecule has 0 saturated heterocycles. The van der Waals surface area contributed by atoms with E-state index in [-0.39, 0.29) is 11.5 Å². The maximum atomic E-state index is 13.5. The largest absolute Gasteiger partial charge is 0.324 e. The van der Waals surface area contributed by atoms with Gasteiger partial charge in [0, 0.05) is 40.5 Å². The summed E-state index contributed by atoms with van der Waals surface area (Å²) in [5, 5.41) is 29.8. The summed E-state index contributed by atoms with van der Waals surface area (Å²) in [6.07, 6.45) is 1.87. The van der Waals surface area contributed by atoms with Crippen molar-refractivity contribution in [2.75, 3.05) is 18.4 Å². The Morgan fingerprint density at radius 2 is 1.74 bits per heavy atom. The number of amides is 1. The lowest BCUT2D eigenvalue weighted by Gasteiger charge is -2.20. The van der Waals surface area contributed by atoms with E-state index in [0.29, 0.717) is 39.6 Å². The SMILES string of the molecule is CCNCC.N#Cc1ccc(Cl)cc1-c1ccn(C(Cc2ccccc2)C(=O)Nc2ccc(-c3nn[nH]n3)cc2)c(=O)c1. The molecule has 1 amide bonds. The number of nitrogens with one attached hydrogen (secondary N) is 3. The normalized spacial score (nSPS) is 11.1. The number of halogens is 1. The van der Waals surface area contributed by atoms with Gasteiger partial charge in [-0.05, 0) is 78.0 Å². The second-order valence-electron chi connectivity index (χ2n) is 9.43. The highest BCUT2D eigenvalue weighted by Crippen LogP contribution is 2.27. The van der Waals surface area contributed by atoms with Crippen molar-refractivity contribution in [1.29, 1.82) is 5.26 Å². The summed E-state index contributed by atoms with van der Waals surface area (Å²) >= 11 is 6.14. The quantitative estimate of drug-likeness (QED) is 0.211. The predicted molar refractivity (Wildman–Crippen MR) is 168 cm³/mol.